The fourth-order valence-corrected chi connectivity index (χ4v) is 2.71. The van der Waals surface area contributed by atoms with Crippen LogP contribution >= 0.6 is 0 Å². The van der Waals surface area contributed by atoms with Crippen LogP contribution in [-0.2, 0) is 12.8 Å². The summed E-state index contributed by atoms with van der Waals surface area (Å²) in [6, 6.07) is 11.2. The van der Waals surface area contributed by atoms with Gasteiger partial charge in [-0.25, -0.2) is 0 Å². The number of nitriles is 1. The first-order valence-electron chi connectivity index (χ1n) is 8.81. The van der Waals surface area contributed by atoms with Gasteiger partial charge in [0.15, 0.2) is 0 Å². The highest BCUT2D eigenvalue weighted by Crippen LogP contribution is 2.13. The molecule has 0 unspecified atom stereocenters. The van der Waals surface area contributed by atoms with Gasteiger partial charge in [0.05, 0.1) is 6.07 Å². The predicted octanol–water partition coefficient (Wildman–Crippen LogP) is 6.22. The van der Waals surface area contributed by atoms with Gasteiger partial charge in [0.1, 0.15) is 0 Å². The lowest BCUT2D eigenvalue weighted by molar-refractivity contribution is 0.575. The maximum Gasteiger partial charge on any atom is 0.0621 e. The number of rotatable bonds is 12. The van der Waals surface area contributed by atoms with E-state index in [1.54, 1.807) is 0 Å². The fourth-order valence-electron chi connectivity index (χ4n) is 2.71. The normalized spacial score (nSPS) is 10.5. The molecule has 0 amide bonds. The van der Waals surface area contributed by atoms with Crippen LogP contribution in [0, 0.1) is 11.3 Å². The van der Waals surface area contributed by atoms with Gasteiger partial charge in [-0.15, -0.1) is 0 Å². The minimum Gasteiger partial charge on any atom is -0.198 e. The minimum absolute atomic E-state index is 0.667. The second-order valence-corrected chi connectivity index (χ2v) is 6.05. The molecule has 116 valence electrons. The standard InChI is InChI=1S/C20H31N/c1-2-3-4-5-6-7-8-9-12-19-14-16-20(17-15-19)13-10-11-18-21/h14-17H,2-13H2,1H3. The highest BCUT2D eigenvalue weighted by atomic mass is 14.2. The molecule has 0 saturated carbocycles. The van der Waals surface area contributed by atoms with E-state index < -0.39 is 0 Å². The Bertz CT molecular complexity index is 385. The molecule has 0 fully saturated rings. The van der Waals surface area contributed by atoms with E-state index in [1.807, 2.05) is 0 Å². The van der Waals surface area contributed by atoms with Gasteiger partial charge in [0, 0.05) is 6.42 Å². The molecule has 0 aromatic heterocycles. The Morgan fingerprint density at radius 2 is 1.19 bits per heavy atom. The van der Waals surface area contributed by atoms with Gasteiger partial charge < -0.3 is 0 Å². The molecule has 21 heavy (non-hydrogen) atoms. The summed E-state index contributed by atoms with van der Waals surface area (Å²) in [5.41, 5.74) is 2.83. The Balaban J connectivity index is 2.06. The lowest BCUT2D eigenvalue weighted by atomic mass is 10.0. The average Bonchev–Trinajstić information content (AvgIpc) is 2.52. The van der Waals surface area contributed by atoms with E-state index in [-0.39, 0.29) is 0 Å². The summed E-state index contributed by atoms with van der Waals surface area (Å²) in [5, 5.41) is 8.54. The van der Waals surface area contributed by atoms with Crippen molar-refractivity contribution in [2.75, 3.05) is 0 Å². The van der Waals surface area contributed by atoms with E-state index in [1.165, 1.54) is 68.9 Å². The van der Waals surface area contributed by atoms with Crippen LogP contribution in [0.4, 0.5) is 0 Å². The highest BCUT2D eigenvalue weighted by Gasteiger charge is 1.97. The Kier molecular flexibility index (Phi) is 10.5. The number of hydrogen-bond acceptors (Lipinski definition) is 1. The molecule has 0 aliphatic heterocycles. The van der Waals surface area contributed by atoms with Crippen LogP contribution in [0.3, 0.4) is 0 Å². The molecule has 0 N–H and O–H groups in total. The first-order chi connectivity index (χ1) is 10.4. The van der Waals surface area contributed by atoms with Crippen molar-refractivity contribution in [3.8, 4) is 6.07 Å². The third-order valence-electron chi connectivity index (χ3n) is 4.10. The van der Waals surface area contributed by atoms with E-state index >= 15 is 0 Å². The van der Waals surface area contributed by atoms with Gasteiger partial charge in [-0.1, -0.05) is 76.1 Å². The summed E-state index contributed by atoms with van der Waals surface area (Å²) < 4.78 is 0. The van der Waals surface area contributed by atoms with Crippen LogP contribution in [-0.4, -0.2) is 0 Å². The SMILES string of the molecule is CCCCCCCCCCc1ccc(CCCC#N)cc1. The smallest absolute Gasteiger partial charge is 0.0621 e. The summed E-state index contributed by atoms with van der Waals surface area (Å²) in [5.74, 6) is 0. The number of nitrogens with zero attached hydrogens (tertiary/aromatic N) is 1. The largest absolute Gasteiger partial charge is 0.198 e. The first-order valence-corrected chi connectivity index (χ1v) is 8.81. The molecule has 1 aromatic rings. The number of benzene rings is 1. The molecular formula is C20H31N. The van der Waals surface area contributed by atoms with Crippen LogP contribution < -0.4 is 0 Å². The first kappa shape index (κ1) is 17.8. The van der Waals surface area contributed by atoms with Crippen molar-refractivity contribution in [1.29, 1.82) is 5.26 Å². The van der Waals surface area contributed by atoms with E-state index in [9.17, 15) is 0 Å². The monoisotopic (exact) mass is 285 g/mol. The molecule has 1 aromatic carbocycles. The molecule has 0 bridgehead atoms. The van der Waals surface area contributed by atoms with Crippen molar-refractivity contribution in [1.82, 2.24) is 0 Å². The molecule has 1 heteroatoms. The Labute approximate surface area is 131 Å². The van der Waals surface area contributed by atoms with Gasteiger partial charge in [0.2, 0.25) is 0 Å². The zero-order chi connectivity index (χ0) is 15.2. The molecule has 0 saturated heterocycles. The molecule has 0 aliphatic carbocycles. The number of hydrogen-bond donors (Lipinski definition) is 0. The summed E-state index contributed by atoms with van der Waals surface area (Å²) in [4.78, 5) is 0. The Morgan fingerprint density at radius 1 is 0.714 bits per heavy atom. The zero-order valence-corrected chi connectivity index (χ0v) is 13.7. The van der Waals surface area contributed by atoms with Crippen molar-refractivity contribution < 1.29 is 0 Å². The molecule has 0 atom stereocenters. The maximum atomic E-state index is 8.54. The molecule has 1 nitrogen and oxygen atoms in total. The van der Waals surface area contributed by atoms with Crippen molar-refractivity contribution in [2.45, 2.75) is 84.0 Å². The van der Waals surface area contributed by atoms with Crippen LogP contribution in [0.5, 0.6) is 0 Å². The van der Waals surface area contributed by atoms with E-state index in [2.05, 4.69) is 37.3 Å². The van der Waals surface area contributed by atoms with Crippen LogP contribution in [0.1, 0.15) is 82.3 Å². The van der Waals surface area contributed by atoms with Gasteiger partial charge >= 0.3 is 0 Å². The summed E-state index contributed by atoms with van der Waals surface area (Å²) in [7, 11) is 0. The topological polar surface area (TPSA) is 23.8 Å². The van der Waals surface area contributed by atoms with E-state index in [4.69, 9.17) is 5.26 Å². The molecule has 0 radical (unpaired) electrons. The summed E-state index contributed by atoms with van der Waals surface area (Å²) >= 11 is 0. The van der Waals surface area contributed by atoms with Gasteiger partial charge in [0.25, 0.3) is 0 Å². The third-order valence-corrected chi connectivity index (χ3v) is 4.10. The molecule has 0 aliphatic rings. The minimum atomic E-state index is 0.667. The second kappa shape index (κ2) is 12.5. The molecular weight excluding hydrogens is 254 g/mol. The van der Waals surface area contributed by atoms with Gasteiger partial charge in [-0.3, -0.25) is 0 Å². The fraction of sp³-hybridized carbons (Fsp3) is 0.650. The Hall–Kier alpha value is -1.29. The molecule has 1 rings (SSSR count). The zero-order valence-electron chi connectivity index (χ0n) is 13.7. The lowest BCUT2D eigenvalue weighted by Gasteiger charge is -2.04. The Morgan fingerprint density at radius 3 is 1.71 bits per heavy atom. The predicted molar refractivity (Wildman–Crippen MR) is 91.3 cm³/mol. The van der Waals surface area contributed by atoms with Crippen LogP contribution in [0.25, 0.3) is 0 Å². The van der Waals surface area contributed by atoms with Gasteiger partial charge in [-0.05, 0) is 36.8 Å². The molecule has 0 spiro atoms. The summed E-state index contributed by atoms with van der Waals surface area (Å²) in [6.07, 6.45) is 15.0. The van der Waals surface area contributed by atoms with E-state index in [0.29, 0.717) is 6.42 Å². The van der Waals surface area contributed by atoms with Crippen molar-refractivity contribution >= 4 is 0 Å². The second-order valence-electron chi connectivity index (χ2n) is 6.05. The quantitative estimate of drug-likeness (QED) is 0.418. The van der Waals surface area contributed by atoms with Crippen molar-refractivity contribution in [3.05, 3.63) is 35.4 Å². The lowest BCUT2D eigenvalue weighted by Crippen LogP contribution is -1.89. The highest BCUT2D eigenvalue weighted by molar-refractivity contribution is 5.22. The number of unbranched alkanes of at least 4 members (excludes halogenated alkanes) is 8. The molecule has 0 heterocycles. The van der Waals surface area contributed by atoms with E-state index in [0.717, 1.165) is 12.8 Å². The third kappa shape index (κ3) is 9.29. The van der Waals surface area contributed by atoms with Crippen LogP contribution in [0.15, 0.2) is 24.3 Å². The average molecular weight is 285 g/mol. The van der Waals surface area contributed by atoms with Crippen LogP contribution in [0.2, 0.25) is 0 Å². The number of aryl methyl sites for hydroxylation is 2. The summed E-state index contributed by atoms with van der Waals surface area (Å²) in [6.45, 7) is 2.27. The maximum absolute atomic E-state index is 8.54. The van der Waals surface area contributed by atoms with Crippen molar-refractivity contribution in [2.24, 2.45) is 0 Å². The van der Waals surface area contributed by atoms with Crippen molar-refractivity contribution in [3.63, 3.8) is 0 Å². The van der Waals surface area contributed by atoms with Gasteiger partial charge in [-0.2, -0.15) is 5.26 Å².